The third-order valence-corrected chi connectivity index (χ3v) is 3.49. The second-order valence-corrected chi connectivity index (χ2v) is 6.08. The summed E-state index contributed by atoms with van der Waals surface area (Å²) in [6.07, 6.45) is 0. The summed E-state index contributed by atoms with van der Waals surface area (Å²) in [6, 6.07) is 11.9. The first-order chi connectivity index (χ1) is 11.8. The van der Waals surface area contributed by atoms with Crippen LogP contribution in [0.5, 0.6) is 5.75 Å². The number of nitrogens with one attached hydrogen (secondary N) is 1. The molecule has 1 N–H and O–H groups in total. The standard InChI is InChI=1S/C18H17ClFNO4/c1-18(2,25-13-9-7-12(20)8-10-13)17(23)24-11-16(22)21-15-6-4-3-5-14(15)19/h3-10H,11H2,1-2H3,(H,21,22). The van der Waals surface area contributed by atoms with Gasteiger partial charge in [0.2, 0.25) is 0 Å². The molecule has 25 heavy (non-hydrogen) atoms. The molecule has 1 amide bonds. The highest BCUT2D eigenvalue weighted by Crippen LogP contribution is 2.21. The van der Waals surface area contributed by atoms with Crippen LogP contribution < -0.4 is 10.1 Å². The van der Waals surface area contributed by atoms with Gasteiger partial charge in [0.25, 0.3) is 5.91 Å². The zero-order valence-electron chi connectivity index (χ0n) is 13.7. The number of halogens is 2. The van der Waals surface area contributed by atoms with E-state index in [0.717, 1.165) is 0 Å². The molecule has 0 unspecified atom stereocenters. The SMILES string of the molecule is CC(C)(Oc1ccc(F)cc1)C(=O)OCC(=O)Nc1ccccc1Cl. The lowest BCUT2D eigenvalue weighted by atomic mass is 10.1. The minimum absolute atomic E-state index is 0.309. The van der Waals surface area contributed by atoms with E-state index in [1.54, 1.807) is 24.3 Å². The van der Waals surface area contributed by atoms with Crippen molar-refractivity contribution in [2.24, 2.45) is 0 Å². The Morgan fingerprint density at radius 3 is 2.40 bits per heavy atom. The van der Waals surface area contributed by atoms with Crippen molar-refractivity contribution >= 4 is 29.2 Å². The fourth-order valence-corrected chi connectivity index (χ4v) is 2.08. The quantitative estimate of drug-likeness (QED) is 0.790. The summed E-state index contributed by atoms with van der Waals surface area (Å²) in [4.78, 5) is 24.0. The molecular formula is C18H17ClFNO4. The average molecular weight is 366 g/mol. The predicted octanol–water partition coefficient (Wildman–Crippen LogP) is 3.82. The van der Waals surface area contributed by atoms with Crippen LogP contribution >= 0.6 is 11.6 Å². The number of hydrogen-bond donors (Lipinski definition) is 1. The summed E-state index contributed by atoms with van der Waals surface area (Å²) in [5, 5.41) is 2.92. The third-order valence-electron chi connectivity index (χ3n) is 3.16. The van der Waals surface area contributed by atoms with Gasteiger partial charge in [-0.15, -0.1) is 0 Å². The zero-order chi connectivity index (χ0) is 18.4. The van der Waals surface area contributed by atoms with Crippen molar-refractivity contribution in [3.63, 3.8) is 0 Å². The summed E-state index contributed by atoms with van der Waals surface area (Å²) in [5.41, 5.74) is -0.922. The van der Waals surface area contributed by atoms with E-state index in [0.29, 0.717) is 16.5 Å². The summed E-state index contributed by atoms with van der Waals surface area (Å²) in [5.74, 6) is -1.36. The van der Waals surface area contributed by atoms with E-state index in [4.69, 9.17) is 21.1 Å². The maximum Gasteiger partial charge on any atom is 0.350 e. The molecule has 132 valence electrons. The number of ether oxygens (including phenoxy) is 2. The summed E-state index contributed by atoms with van der Waals surface area (Å²) >= 11 is 5.94. The molecule has 7 heteroatoms. The Hall–Kier alpha value is -2.60. The molecule has 5 nitrogen and oxygen atoms in total. The number of carbonyl (C=O) groups excluding carboxylic acids is 2. The van der Waals surface area contributed by atoms with Crippen LogP contribution in [0.25, 0.3) is 0 Å². The van der Waals surface area contributed by atoms with Gasteiger partial charge in [-0.1, -0.05) is 23.7 Å². The maximum atomic E-state index is 12.9. The van der Waals surface area contributed by atoms with Crippen molar-refractivity contribution in [3.8, 4) is 5.75 Å². The molecule has 0 spiro atoms. The molecule has 0 atom stereocenters. The molecule has 0 heterocycles. The van der Waals surface area contributed by atoms with Crippen LogP contribution in [0.4, 0.5) is 10.1 Å². The van der Waals surface area contributed by atoms with Crippen molar-refractivity contribution in [2.75, 3.05) is 11.9 Å². The van der Waals surface area contributed by atoms with Gasteiger partial charge in [-0.3, -0.25) is 4.79 Å². The van der Waals surface area contributed by atoms with E-state index in [1.807, 2.05) is 0 Å². The van der Waals surface area contributed by atoms with Gasteiger partial charge >= 0.3 is 5.97 Å². The van der Waals surface area contributed by atoms with E-state index in [9.17, 15) is 14.0 Å². The van der Waals surface area contributed by atoms with Gasteiger partial charge in [-0.05, 0) is 50.2 Å². The highest BCUT2D eigenvalue weighted by atomic mass is 35.5. The van der Waals surface area contributed by atoms with Crippen LogP contribution in [0, 0.1) is 5.82 Å². The number of rotatable bonds is 6. The van der Waals surface area contributed by atoms with Gasteiger partial charge in [0.05, 0.1) is 10.7 Å². The molecule has 0 aliphatic heterocycles. The average Bonchev–Trinajstić information content (AvgIpc) is 2.56. The number of anilines is 1. The molecule has 0 radical (unpaired) electrons. The summed E-state index contributed by atoms with van der Waals surface area (Å²) in [6.45, 7) is 2.50. The number of esters is 1. The Balaban J connectivity index is 1.88. The van der Waals surface area contributed by atoms with Gasteiger partial charge in [0.1, 0.15) is 11.6 Å². The number of amides is 1. The maximum absolute atomic E-state index is 12.9. The van der Waals surface area contributed by atoms with Crippen molar-refractivity contribution < 1.29 is 23.5 Å². The fourth-order valence-electron chi connectivity index (χ4n) is 1.89. The number of hydrogen-bond acceptors (Lipinski definition) is 4. The molecule has 0 aromatic heterocycles. The van der Waals surface area contributed by atoms with E-state index in [-0.39, 0.29) is 0 Å². The summed E-state index contributed by atoms with van der Waals surface area (Å²) < 4.78 is 23.4. The second kappa shape index (κ2) is 7.98. The monoisotopic (exact) mass is 365 g/mol. The van der Waals surface area contributed by atoms with Crippen LogP contribution in [0.2, 0.25) is 5.02 Å². The lowest BCUT2D eigenvalue weighted by Crippen LogP contribution is -2.41. The predicted molar refractivity (Wildman–Crippen MR) is 92.1 cm³/mol. The smallest absolute Gasteiger partial charge is 0.350 e. The van der Waals surface area contributed by atoms with Crippen LogP contribution in [-0.2, 0) is 14.3 Å². The summed E-state index contributed by atoms with van der Waals surface area (Å²) in [7, 11) is 0. The Morgan fingerprint density at radius 2 is 1.76 bits per heavy atom. The highest BCUT2D eigenvalue weighted by Gasteiger charge is 2.32. The minimum Gasteiger partial charge on any atom is -0.476 e. The lowest BCUT2D eigenvalue weighted by Gasteiger charge is -2.24. The first-order valence-corrected chi connectivity index (χ1v) is 7.82. The van der Waals surface area contributed by atoms with Gasteiger partial charge in [-0.2, -0.15) is 0 Å². The van der Waals surface area contributed by atoms with E-state index in [1.165, 1.54) is 38.1 Å². The normalized spacial score (nSPS) is 10.9. The molecule has 0 aliphatic rings. The first-order valence-electron chi connectivity index (χ1n) is 7.44. The molecule has 0 saturated carbocycles. The highest BCUT2D eigenvalue weighted by molar-refractivity contribution is 6.33. The van der Waals surface area contributed by atoms with Crippen LogP contribution in [0.15, 0.2) is 48.5 Å². The molecule has 0 aliphatic carbocycles. The van der Waals surface area contributed by atoms with Crippen LogP contribution in [-0.4, -0.2) is 24.1 Å². The Bertz CT molecular complexity index is 762. The van der Waals surface area contributed by atoms with Crippen molar-refractivity contribution in [2.45, 2.75) is 19.4 Å². The fraction of sp³-hybridized carbons (Fsp3) is 0.222. The number of carbonyl (C=O) groups is 2. The minimum atomic E-state index is -1.34. The Labute approximate surface area is 149 Å². The van der Waals surface area contributed by atoms with Gasteiger partial charge in [0, 0.05) is 0 Å². The molecule has 0 bridgehead atoms. The number of para-hydroxylation sites is 1. The van der Waals surface area contributed by atoms with E-state index >= 15 is 0 Å². The van der Waals surface area contributed by atoms with Crippen molar-refractivity contribution in [1.29, 1.82) is 0 Å². The Kier molecular flexibility index (Phi) is 5.98. The van der Waals surface area contributed by atoms with E-state index in [2.05, 4.69) is 5.32 Å². The topological polar surface area (TPSA) is 64.6 Å². The van der Waals surface area contributed by atoms with Gasteiger partial charge in [-0.25, -0.2) is 9.18 Å². The largest absolute Gasteiger partial charge is 0.476 e. The van der Waals surface area contributed by atoms with E-state index < -0.39 is 29.9 Å². The van der Waals surface area contributed by atoms with Crippen molar-refractivity contribution in [1.82, 2.24) is 0 Å². The second-order valence-electron chi connectivity index (χ2n) is 5.67. The number of benzene rings is 2. The Morgan fingerprint density at radius 1 is 1.12 bits per heavy atom. The third kappa shape index (κ3) is 5.46. The van der Waals surface area contributed by atoms with Crippen LogP contribution in [0.3, 0.4) is 0 Å². The molecule has 0 saturated heterocycles. The molecular weight excluding hydrogens is 349 g/mol. The van der Waals surface area contributed by atoms with Gasteiger partial charge in [0.15, 0.2) is 12.2 Å². The first kappa shape index (κ1) is 18.7. The molecule has 0 fully saturated rings. The van der Waals surface area contributed by atoms with Crippen LogP contribution in [0.1, 0.15) is 13.8 Å². The van der Waals surface area contributed by atoms with Crippen molar-refractivity contribution in [3.05, 3.63) is 59.4 Å². The lowest BCUT2D eigenvalue weighted by molar-refractivity contribution is -0.161. The zero-order valence-corrected chi connectivity index (χ0v) is 14.5. The van der Waals surface area contributed by atoms with Gasteiger partial charge < -0.3 is 14.8 Å². The molecule has 2 rings (SSSR count). The molecule has 2 aromatic carbocycles. The molecule has 2 aromatic rings.